The van der Waals surface area contributed by atoms with Crippen molar-refractivity contribution in [3.63, 3.8) is 0 Å². The summed E-state index contributed by atoms with van der Waals surface area (Å²) in [5.41, 5.74) is -1.59. The van der Waals surface area contributed by atoms with Crippen LogP contribution in [0.3, 0.4) is 0 Å². The number of rotatable bonds is 8. The number of hydrogen-bond acceptors (Lipinski definition) is 15. The van der Waals surface area contributed by atoms with E-state index in [-0.39, 0.29) is 10.3 Å². The van der Waals surface area contributed by atoms with Gasteiger partial charge in [0, 0.05) is 11.0 Å². The van der Waals surface area contributed by atoms with Crippen LogP contribution in [0.4, 0.5) is 11.4 Å². The Labute approximate surface area is 233 Å². The van der Waals surface area contributed by atoms with Gasteiger partial charge in [-0.15, -0.1) is 14.6 Å². The lowest BCUT2D eigenvalue weighted by atomic mass is 10.1. The van der Waals surface area contributed by atoms with Gasteiger partial charge in [0.1, 0.15) is 22.1 Å². The molecule has 17 nitrogen and oxygen atoms in total. The zero-order chi connectivity index (χ0) is 30.5. The second-order valence-corrected chi connectivity index (χ2v) is 13.0. The molecule has 0 aliphatic rings. The average molecular weight is 651 g/mol. The molecule has 0 aliphatic carbocycles. The first-order chi connectivity index (χ1) is 18.9. The Hall–Kier alpha value is -3.64. The predicted octanol–water partition coefficient (Wildman–Crippen LogP) is 3.69. The molecular formula is C20H14N2O15S4. The van der Waals surface area contributed by atoms with Gasteiger partial charge in [-0.25, -0.2) is 5.26 Å². The van der Waals surface area contributed by atoms with Crippen molar-refractivity contribution >= 4 is 75.3 Å². The minimum absolute atomic E-state index is 0.0346. The zero-order valence-electron chi connectivity index (χ0n) is 19.5. The summed E-state index contributed by atoms with van der Waals surface area (Å²) >= 11 is 0.374. The maximum atomic E-state index is 12.2. The molecule has 0 spiro atoms. The maximum Gasteiger partial charge on any atom is 0.296 e. The van der Waals surface area contributed by atoms with Gasteiger partial charge in [-0.3, -0.25) is 13.7 Å². The maximum absolute atomic E-state index is 12.2. The molecule has 0 saturated heterocycles. The number of hydrogen-bond donors (Lipinski definition) is 7. The van der Waals surface area contributed by atoms with Gasteiger partial charge in [0.15, 0.2) is 5.75 Å². The Morgan fingerprint density at radius 2 is 1.22 bits per heavy atom. The second kappa shape index (κ2) is 10.6. The van der Waals surface area contributed by atoms with E-state index in [4.69, 9.17) is 5.26 Å². The number of phenolic OH excluding ortho intramolecular Hbond substituents is 3. The number of fused-ring (bicyclic) bond motifs is 2. The number of phenols is 3. The predicted molar refractivity (Wildman–Crippen MR) is 137 cm³/mol. The largest absolute Gasteiger partial charge is 0.507 e. The van der Waals surface area contributed by atoms with Crippen LogP contribution >= 0.6 is 12.0 Å². The molecule has 0 bridgehead atoms. The lowest BCUT2D eigenvalue weighted by Gasteiger charge is -2.12. The summed E-state index contributed by atoms with van der Waals surface area (Å²) in [6.45, 7) is 0. The number of aromatic hydroxyl groups is 3. The molecule has 4 rings (SSSR count). The van der Waals surface area contributed by atoms with E-state index in [1.165, 1.54) is 0 Å². The SMILES string of the molecule is O=S(=O)(O)c1cc(O)c2c(N=Nc3c(S(=O)(=O)O)cc4cc(SOOO)cc(O)c4c3O)cc(S(=O)(=O)O)cc2c1. The van der Waals surface area contributed by atoms with Crippen molar-refractivity contribution in [2.45, 2.75) is 19.6 Å². The van der Waals surface area contributed by atoms with Crippen LogP contribution in [0.15, 0.2) is 72.3 Å². The van der Waals surface area contributed by atoms with Crippen molar-refractivity contribution in [1.82, 2.24) is 0 Å². The van der Waals surface area contributed by atoms with Crippen LogP contribution < -0.4 is 0 Å². The van der Waals surface area contributed by atoms with Crippen molar-refractivity contribution in [1.29, 1.82) is 0 Å². The third kappa shape index (κ3) is 6.18. The van der Waals surface area contributed by atoms with Crippen LogP contribution in [-0.4, -0.2) is 59.5 Å². The van der Waals surface area contributed by atoms with E-state index in [9.17, 15) is 54.2 Å². The van der Waals surface area contributed by atoms with Gasteiger partial charge in [-0.05, 0) is 47.2 Å². The Kier molecular flexibility index (Phi) is 7.87. The highest BCUT2D eigenvalue weighted by molar-refractivity contribution is 7.94. The fraction of sp³-hybridized carbons (Fsp3) is 0. The third-order valence-electron chi connectivity index (χ3n) is 5.35. The molecule has 0 aromatic heterocycles. The van der Waals surface area contributed by atoms with Crippen LogP contribution in [-0.2, 0) is 39.7 Å². The minimum Gasteiger partial charge on any atom is -0.507 e. The second-order valence-electron chi connectivity index (χ2n) is 7.95. The molecule has 0 atom stereocenters. The molecule has 0 saturated carbocycles. The average Bonchev–Trinajstić information content (AvgIpc) is 2.84. The van der Waals surface area contributed by atoms with Crippen LogP contribution in [0.5, 0.6) is 17.2 Å². The summed E-state index contributed by atoms with van der Waals surface area (Å²) in [6.07, 6.45) is 0. The monoisotopic (exact) mass is 650 g/mol. The van der Waals surface area contributed by atoms with Crippen molar-refractivity contribution in [2.75, 3.05) is 0 Å². The van der Waals surface area contributed by atoms with E-state index in [2.05, 4.69) is 19.6 Å². The highest BCUT2D eigenvalue weighted by Crippen LogP contribution is 2.47. The highest BCUT2D eigenvalue weighted by Gasteiger charge is 2.25. The summed E-state index contributed by atoms with van der Waals surface area (Å²) < 4.78 is 104. The standard InChI is InChI=1S/C20H14N2O15S4/c23-14-5-10(38-37-36-26)1-8-4-16(41(33,34)35)19(20(25)18(8)14)22-21-13-6-11(39(27,28)29)2-9-3-12(40(30,31)32)7-15(24)17(9)13/h1-7,23-26H,(H,27,28,29)(H,30,31,32)(H,33,34,35). The first kappa shape index (κ1) is 30.3. The molecule has 218 valence electrons. The molecule has 41 heavy (non-hydrogen) atoms. The quantitative estimate of drug-likeness (QED) is 0.0470. The molecule has 0 unspecified atom stereocenters. The van der Waals surface area contributed by atoms with Crippen molar-refractivity contribution in [3.8, 4) is 17.2 Å². The van der Waals surface area contributed by atoms with Gasteiger partial charge >= 0.3 is 0 Å². The minimum atomic E-state index is -5.18. The van der Waals surface area contributed by atoms with Gasteiger partial charge in [0.25, 0.3) is 30.4 Å². The van der Waals surface area contributed by atoms with E-state index >= 15 is 0 Å². The molecule has 0 aliphatic heterocycles. The van der Waals surface area contributed by atoms with Gasteiger partial charge in [0.05, 0.1) is 38.3 Å². The Balaban J connectivity index is 2.03. The van der Waals surface area contributed by atoms with E-state index in [1.807, 2.05) is 0 Å². The first-order valence-electron chi connectivity index (χ1n) is 10.2. The van der Waals surface area contributed by atoms with Gasteiger partial charge in [-0.2, -0.15) is 25.3 Å². The van der Waals surface area contributed by atoms with Gasteiger partial charge in [0.2, 0.25) is 0 Å². The molecule has 21 heteroatoms. The lowest BCUT2D eigenvalue weighted by molar-refractivity contribution is -0.432. The normalized spacial score (nSPS) is 13.0. The molecule has 7 N–H and O–H groups in total. The van der Waals surface area contributed by atoms with Gasteiger partial charge in [-0.1, -0.05) is 5.04 Å². The fourth-order valence-corrected chi connectivity index (χ4v) is 5.91. The van der Waals surface area contributed by atoms with Crippen molar-refractivity contribution in [2.24, 2.45) is 10.2 Å². The number of azo groups is 1. The molecule has 0 radical (unpaired) electrons. The molecule has 4 aromatic rings. The zero-order valence-corrected chi connectivity index (χ0v) is 22.7. The molecule has 0 amide bonds. The van der Waals surface area contributed by atoms with Crippen molar-refractivity contribution < 1.29 is 68.9 Å². The third-order valence-corrected chi connectivity index (χ3v) is 8.44. The van der Waals surface area contributed by atoms with Gasteiger partial charge < -0.3 is 15.3 Å². The molecule has 0 heterocycles. The number of benzene rings is 4. The summed E-state index contributed by atoms with van der Waals surface area (Å²) in [6, 6.07) is 5.63. The Morgan fingerprint density at radius 1 is 0.659 bits per heavy atom. The summed E-state index contributed by atoms with van der Waals surface area (Å²) in [7, 11) is -15.1. The summed E-state index contributed by atoms with van der Waals surface area (Å²) in [5.74, 6) is -2.59. The highest BCUT2D eigenvalue weighted by atomic mass is 32.2. The molecular weight excluding hydrogens is 636 g/mol. The van der Waals surface area contributed by atoms with E-state index in [0.717, 1.165) is 30.3 Å². The first-order valence-corrected chi connectivity index (χ1v) is 15.3. The summed E-state index contributed by atoms with van der Waals surface area (Å²) in [5, 5.41) is 49.3. The number of nitrogens with zero attached hydrogens (tertiary/aromatic N) is 2. The van der Waals surface area contributed by atoms with Crippen LogP contribution in [0.25, 0.3) is 21.5 Å². The van der Waals surface area contributed by atoms with Crippen LogP contribution in [0.1, 0.15) is 0 Å². The molecule has 0 fully saturated rings. The smallest absolute Gasteiger partial charge is 0.296 e. The Morgan fingerprint density at radius 3 is 1.78 bits per heavy atom. The van der Waals surface area contributed by atoms with E-state index in [1.54, 1.807) is 0 Å². The van der Waals surface area contributed by atoms with Crippen molar-refractivity contribution in [3.05, 3.63) is 42.5 Å². The topological polar surface area (TPSA) is 287 Å². The van der Waals surface area contributed by atoms with Crippen LogP contribution in [0, 0.1) is 0 Å². The molecule has 4 aromatic carbocycles. The fourth-order valence-electron chi connectivity index (χ4n) is 3.73. The lowest BCUT2D eigenvalue weighted by Crippen LogP contribution is -2.00. The van der Waals surface area contributed by atoms with Crippen LogP contribution in [0.2, 0.25) is 0 Å². The summed E-state index contributed by atoms with van der Waals surface area (Å²) in [4.78, 5) is -2.77. The Bertz CT molecular complexity index is 2090. The van der Waals surface area contributed by atoms with E-state index in [0.29, 0.717) is 24.2 Å². The van der Waals surface area contributed by atoms with E-state index < -0.39 is 89.8 Å².